The summed E-state index contributed by atoms with van der Waals surface area (Å²) in [4.78, 5) is 28.9. The average molecular weight is 267 g/mol. The summed E-state index contributed by atoms with van der Waals surface area (Å²) in [5.74, 6) is 0.704. The van der Waals surface area contributed by atoms with Crippen LogP contribution in [0, 0.1) is 0 Å². The lowest BCUT2D eigenvalue weighted by Crippen LogP contribution is -2.45. The molecular weight excluding hydrogens is 250 g/mol. The van der Waals surface area contributed by atoms with Crippen LogP contribution < -0.4 is 11.1 Å². The Morgan fingerprint density at radius 3 is 3.00 bits per heavy atom. The first-order valence-electron chi connectivity index (χ1n) is 6.18. The van der Waals surface area contributed by atoms with E-state index in [-0.39, 0.29) is 30.9 Å². The average Bonchev–Trinajstić information content (AvgIpc) is 3.04. The van der Waals surface area contributed by atoms with Gasteiger partial charge in [-0.3, -0.25) is 4.79 Å². The van der Waals surface area contributed by atoms with Gasteiger partial charge in [0.15, 0.2) is 11.6 Å². The molecule has 2 heterocycles. The van der Waals surface area contributed by atoms with Crippen LogP contribution in [-0.2, 0) is 17.9 Å². The van der Waals surface area contributed by atoms with Crippen molar-refractivity contribution in [2.24, 2.45) is 5.73 Å². The maximum absolute atomic E-state index is 12.0. The number of Topliss-reactive ketones (excluding diaryl/α,β-unsaturated/α-hetero) is 1. The van der Waals surface area contributed by atoms with Crippen LogP contribution in [-0.4, -0.2) is 39.4 Å². The van der Waals surface area contributed by atoms with Crippen molar-refractivity contribution in [2.45, 2.75) is 38.9 Å². The van der Waals surface area contributed by atoms with Crippen molar-refractivity contribution in [2.75, 3.05) is 6.54 Å². The number of nitrogens with one attached hydrogen (secondary N) is 1. The van der Waals surface area contributed by atoms with Crippen LogP contribution in [0.15, 0.2) is 4.52 Å². The fourth-order valence-corrected chi connectivity index (χ4v) is 2.13. The second kappa shape index (κ2) is 5.79. The van der Waals surface area contributed by atoms with Gasteiger partial charge >= 0.3 is 6.03 Å². The normalized spacial score (nSPS) is 18.6. The number of amides is 2. The SMILES string of the molecule is CC(=O)C1CCCN1C(=O)NCc1nc(CN)no1. The largest absolute Gasteiger partial charge is 0.337 e. The number of aromatic nitrogens is 2. The predicted octanol–water partition coefficient (Wildman–Crippen LogP) is -0.209. The molecule has 0 radical (unpaired) electrons. The number of likely N-dealkylation sites (tertiary alicyclic amines) is 1. The van der Waals surface area contributed by atoms with Gasteiger partial charge in [0.25, 0.3) is 0 Å². The molecule has 2 rings (SSSR count). The summed E-state index contributed by atoms with van der Waals surface area (Å²) < 4.78 is 4.90. The van der Waals surface area contributed by atoms with E-state index in [1.54, 1.807) is 4.90 Å². The van der Waals surface area contributed by atoms with Crippen LogP contribution in [0.5, 0.6) is 0 Å². The topological polar surface area (TPSA) is 114 Å². The molecule has 1 fully saturated rings. The molecule has 0 spiro atoms. The van der Waals surface area contributed by atoms with Gasteiger partial charge in [-0.2, -0.15) is 4.98 Å². The molecule has 1 atom stereocenters. The Kier molecular flexibility index (Phi) is 4.10. The standard InChI is InChI=1S/C11H17N5O3/c1-7(17)8-3-2-4-16(8)11(18)13-6-10-14-9(5-12)15-19-10/h8H,2-6,12H2,1H3,(H,13,18). The Balaban J connectivity index is 1.88. The summed E-state index contributed by atoms with van der Waals surface area (Å²) in [6.07, 6.45) is 1.57. The second-order valence-corrected chi connectivity index (χ2v) is 4.43. The maximum Gasteiger partial charge on any atom is 0.318 e. The zero-order valence-corrected chi connectivity index (χ0v) is 10.8. The second-order valence-electron chi connectivity index (χ2n) is 4.43. The molecule has 0 saturated carbocycles. The number of rotatable bonds is 4. The molecule has 8 heteroatoms. The number of carbonyl (C=O) groups is 2. The minimum absolute atomic E-state index is 0.0101. The molecule has 1 aromatic heterocycles. The highest BCUT2D eigenvalue weighted by molar-refractivity contribution is 5.87. The molecule has 1 saturated heterocycles. The zero-order chi connectivity index (χ0) is 13.8. The van der Waals surface area contributed by atoms with E-state index < -0.39 is 0 Å². The third kappa shape index (κ3) is 3.08. The summed E-state index contributed by atoms with van der Waals surface area (Å²) in [6.45, 7) is 2.42. The van der Waals surface area contributed by atoms with Gasteiger partial charge in [0, 0.05) is 6.54 Å². The molecule has 0 aromatic carbocycles. The highest BCUT2D eigenvalue weighted by Gasteiger charge is 2.31. The highest BCUT2D eigenvalue weighted by atomic mass is 16.5. The van der Waals surface area contributed by atoms with Gasteiger partial charge in [-0.15, -0.1) is 0 Å². The van der Waals surface area contributed by atoms with Crippen LogP contribution in [0.4, 0.5) is 4.79 Å². The van der Waals surface area contributed by atoms with Gasteiger partial charge in [-0.25, -0.2) is 4.79 Å². The van der Waals surface area contributed by atoms with Crippen molar-refractivity contribution in [1.82, 2.24) is 20.4 Å². The highest BCUT2D eigenvalue weighted by Crippen LogP contribution is 2.17. The van der Waals surface area contributed by atoms with Gasteiger partial charge in [0.2, 0.25) is 5.89 Å². The van der Waals surface area contributed by atoms with Crippen LogP contribution in [0.1, 0.15) is 31.5 Å². The first-order valence-corrected chi connectivity index (χ1v) is 6.18. The lowest BCUT2D eigenvalue weighted by Gasteiger charge is -2.22. The number of urea groups is 1. The molecule has 0 aliphatic carbocycles. The van der Waals surface area contributed by atoms with Crippen LogP contribution in [0.3, 0.4) is 0 Å². The summed E-state index contributed by atoms with van der Waals surface area (Å²) in [6, 6.07) is -0.604. The quantitative estimate of drug-likeness (QED) is 0.780. The van der Waals surface area contributed by atoms with Crippen molar-refractivity contribution in [3.63, 3.8) is 0 Å². The Morgan fingerprint density at radius 1 is 1.58 bits per heavy atom. The number of hydrogen-bond acceptors (Lipinski definition) is 6. The zero-order valence-electron chi connectivity index (χ0n) is 10.8. The van der Waals surface area contributed by atoms with Crippen molar-refractivity contribution >= 4 is 11.8 Å². The molecule has 1 unspecified atom stereocenters. The molecule has 19 heavy (non-hydrogen) atoms. The van der Waals surface area contributed by atoms with E-state index in [1.165, 1.54) is 6.92 Å². The van der Waals surface area contributed by atoms with E-state index in [2.05, 4.69) is 15.5 Å². The molecule has 104 valence electrons. The number of ketones is 1. The molecule has 3 N–H and O–H groups in total. The number of carbonyl (C=O) groups excluding carboxylic acids is 2. The van der Waals surface area contributed by atoms with Crippen LogP contribution in [0.2, 0.25) is 0 Å². The molecule has 8 nitrogen and oxygen atoms in total. The van der Waals surface area contributed by atoms with Crippen LogP contribution >= 0.6 is 0 Å². The molecule has 1 aliphatic rings. The third-order valence-electron chi connectivity index (χ3n) is 3.07. The molecule has 1 aliphatic heterocycles. The Bertz CT molecular complexity index is 473. The van der Waals surface area contributed by atoms with E-state index in [0.29, 0.717) is 18.3 Å². The molecule has 0 bridgehead atoms. The number of nitrogens with zero attached hydrogens (tertiary/aromatic N) is 3. The lowest BCUT2D eigenvalue weighted by molar-refractivity contribution is -0.120. The lowest BCUT2D eigenvalue weighted by atomic mass is 10.1. The fraction of sp³-hybridized carbons (Fsp3) is 0.636. The number of nitrogens with two attached hydrogens (primary N) is 1. The van der Waals surface area contributed by atoms with E-state index in [9.17, 15) is 9.59 Å². The van der Waals surface area contributed by atoms with Gasteiger partial charge in [0.05, 0.1) is 19.1 Å². The van der Waals surface area contributed by atoms with Crippen molar-refractivity contribution in [1.29, 1.82) is 0 Å². The van der Waals surface area contributed by atoms with Crippen molar-refractivity contribution in [3.05, 3.63) is 11.7 Å². The van der Waals surface area contributed by atoms with Gasteiger partial charge in [0.1, 0.15) is 0 Å². The van der Waals surface area contributed by atoms with Gasteiger partial charge < -0.3 is 20.5 Å². The van der Waals surface area contributed by atoms with E-state index in [0.717, 1.165) is 12.8 Å². The molecule has 2 amide bonds. The van der Waals surface area contributed by atoms with E-state index in [4.69, 9.17) is 10.3 Å². The number of hydrogen-bond donors (Lipinski definition) is 2. The first-order chi connectivity index (χ1) is 9.11. The Morgan fingerprint density at radius 2 is 2.37 bits per heavy atom. The summed E-state index contributed by atoms with van der Waals surface area (Å²) in [5, 5.41) is 6.28. The van der Waals surface area contributed by atoms with E-state index >= 15 is 0 Å². The van der Waals surface area contributed by atoms with Gasteiger partial charge in [-0.05, 0) is 19.8 Å². The van der Waals surface area contributed by atoms with E-state index in [1.807, 2.05) is 0 Å². The molecule has 1 aromatic rings. The summed E-state index contributed by atoms with van der Waals surface area (Å²) in [5.41, 5.74) is 5.35. The Labute approximate surface area is 110 Å². The van der Waals surface area contributed by atoms with Crippen molar-refractivity contribution < 1.29 is 14.1 Å². The van der Waals surface area contributed by atoms with Crippen LogP contribution in [0.25, 0.3) is 0 Å². The third-order valence-corrected chi connectivity index (χ3v) is 3.07. The monoisotopic (exact) mass is 267 g/mol. The fourth-order valence-electron chi connectivity index (χ4n) is 2.13. The molecular formula is C11H17N5O3. The van der Waals surface area contributed by atoms with Crippen molar-refractivity contribution in [3.8, 4) is 0 Å². The summed E-state index contributed by atoms with van der Waals surface area (Å²) in [7, 11) is 0. The minimum atomic E-state index is -0.317. The minimum Gasteiger partial charge on any atom is -0.337 e. The predicted molar refractivity (Wildman–Crippen MR) is 64.8 cm³/mol. The Hall–Kier alpha value is -1.96. The maximum atomic E-state index is 12.0. The van der Waals surface area contributed by atoms with Gasteiger partial charge in [-0.1, -0.05) is 5.16 Å². The smallest absolute Gasteiger partial charge is 0.318 e. The first kappa shape index (κ1) is 13.5. The summed E-state index contributed by atoms with van der Waals surface area (Å²) >= 11 is 0.